The third-order valence-electron chi connectivity index (χ3n) is 2.08. The SMILES string of the molecule is CN(C)C(=N)c1cccc(N(C)C)c1. The summed E-state index contributed by atoms with van der Waals surface area (Å²) in [7, 11) is 7.76. The summed E-state index contributed by atoms with van der Waals surface area (Å²) >= 11 is 0. The summed E-state index contributed by atoms with van der Waals surface area (Å²) in [6, 6.07) is 7.98. The lowest BCUT2D eigenvalue weighted by Gasteiger charge is -2.17. The van der Waals surface area contributed by atoms with E-state index < -0.39 is 0 Å². The summed E-state index contributed by atoms with van der Waals surface area (Å²) in [5.41, 5.74) is 2.07. The van der Waals surface area contributed by atoms with Crippen LogP contribution in [0.3, 0.4) is 0 Å². The molecule has 0 bridgehead atoms. The topological polar surface area (TPSA) is 30.3 Å². The average Bonchev–Trinajstić information content (AvgIpc) is 2.16. The van der Waals surface area contributed by atoms with E-state index in [9.17, 15) is 0 Å². The molecule has 0 amide bonds. The Morgan fingerprint density at radius 2 is 1.79 bits per heavy atom. The van der Waals surface area contributed by atoms with Gasteiger partial charge in [-0.25, -0.2) is 0 Å². The van der Waals surface area contributed by atoms with Crippen LogP contribution < -0.4 is 4.90 Å². The predicted molar refractivity (Wildman–Crippen MR) is 61.3 cm³/mol. The van der Waals surface area contributed by atoms with E-state index in [2.05, 4.69) is 0 Å². The molecule has 14 heavy (non-hydrogen) atoms. The molecule has 3 nitrogen and oxygen atoms in total. The van der Waals surface area contributed by atoms with Crippen LogP contribution in [-0.2, 0) is 0 Å². The van der Waals surface area contributed by atoms with Gasteiger partial charge in [-0.3, -0.25) is 5.41 Å². The Hall–Kier alpha value is -1.51. The maximum absolute atomic E-state index is 7.83. The van der Waals surface area contributed by atoms with Crippen LogP contribution in [0, 0.1) is 5.41 Å². The van der Waals surface area contributed by atoms with Crippen molar-refractivity contribution >= 4 is 11.5 Å². The standard InChI is InChI=1S/C11H17N3/c1-13(2)10-7-5-6-9(8-10)11(12)14(3)4/h5-8,12H,1-4H3. The van der Waals surface area contributed by atoms with E-state index >= 15 is 0 Å². The molecule has 76 valence electrons. The Morgan fingerprint density at radius 1 is 1.14 bits per heavy atom. The van der Waals surface area contributed by atoms with E-state index in [1.807, 2.05) is 57.4 Å². The van der Waals surface area contributed by atoms with Gasteiger partial charge in [0.1, 0.15) is 5.84 Å². The number of hydrogen-bond acceptors (Lipinski definition) is 2. The molecule has 3 heteroatoms. The molecule has 0 saturated carbocycles. The summed E-state index contributed by atoms with van der Waals surface area (Å²) in [5.74, 6) is 0.536. The molecule has 0 spiro atoms. The van der Waals surface area contributed by atoms with Gasteiger partial charge in [0, 0.05) is 39.4 Å². The number of amidine groups is 1. The lowest BCUT2D eigenvalue weighted by molar-refractivity contribution is 0.619. The van der Waals surface area contributed by atoms with E-state index in [0.29, 0.717) is 5.84 Å². The zero-order valence-electron chi connectivity index (χ0n) is 9.20. The van der Waals surface area contributed by atoms with Crippen LogP contribution in [0.2, 0.25) is 0 Å². The first-order chi connectivity index (χ1) is 6.52. The van der Waals surface area contributed by atoms with E-state index in [4.69, 9.17) is 5.41 Å². The average molecular weight is 191 g/mol. The fraction of sp³-hybridized carbons (Fsp3) is 0.364. The Bertz CT molecular complexity index is 329. The number of anilines is 1. The van der Waals surface area contributed by atoms with Crippen LogP contribution in [0.1, 0.15) is 5.56 Å². The third-order valence-corrected chi connectivity index (χ3v) is 2.08. The minimum absolute atomic E-state index is 0.536. The predicted octanol–water partition coefficient (Wildman–Crippen LogP) is 1.64. The zero-order valence-corrected chi connectivity index (χ0v) is 9.20. The molecular formula is C11H17N3. The van der Waals surface area contributed by atoms with Crippen LogP contribution in [0.25, 0.3) is 0 Å². The molecule has 0 radical (unpaired) electrons. The highest BCUT2D eigenvalue weighted by Gasteiger charge is 2.04. The van der Waals surface area contributed by atoms with Crippen LogP contribution in [-0.4, -0.2) is 38.9 Å². The van der Waals surface area contributed by atoms with Crippen molar-refractivity contribution in [3.63, 3.8) is 0 Å². The quantitative estimate of drug-likeness (QED) is 0.569. The normalized spacial score (nSPS) is 9.71. The number of benzene rings is 1. The van der Waals surface area contributed by atoms with Gasteiger partial charge in [-0.15, -0.1) is 0 Å². The maximum atomic E-state index is 7.83. The van der Waals surface area contributed by atoms with E-state index in [1.54, 1.807) is 4.90 Å². The highest BCUT2D eigenvalue weighted by atomic mass is 15.1. The summed E-state index contributed by atoms with van der Waals surface area (Å²) in [6.07, 6.45) is 0. The summed E-state index contributed by atoms with van der Waals surface area (Å²) < 4.78 is 0. The largest absolute Gasteiger partial charge is 0.378 e. The van der Waals surface area contributed by atoms with Gasteiger partial charge in [0.05, 0.1) is 0 Å². The lowest BCUT2D eigenvalue weighted by atomic mass is 10.1. The molecular weight excluding hydrogens is 174 g/mol. The van der Waals surface area contributed by atoms with Crippen LogP contribution in [0.4, 0.5) is 5.69 Å². The molecule has 1 aromatic carbocycles. The molecule has 1 aromatic rings. The van der Waals surface area contributed by atoms with Crippen molar-refractivity contribution in [1.29, 1.82) is 5.41 Å². The second-order valence-corrected chi connectivity index (χ2v) is 3.69. The Kier molecular flexibility index (Phi) is 3.12. The van der Waals surface area contributed by atoms with Gasteiger partial charge in [0.25, 0.3) is 0 Å². The maximum Gasteiger partial charge on any atom is 0.127 e. The molecule has 0 aromatic heterocycles. The van der Waals surface area contributed by atoms with Gasteiger partial charge in [-0.2, -0.15) is 0 Å². The van der Waals surface area contributed by atoms with Gasteiger partial charge in [0.15, 0.2) is 0 Å². The first-order valence-electron chi connectivity index (χ1n) is 4.56. The van der Waals surface area contributed by atoms with Crippen molar-refractivity contribution in [2.24, 2.45) is 0 Å². The van der Waals surface area contributed by atoms with Crippen LogP contribution in [0.5, 0.6) is 0 Å². The van der Waals surface area contributed by atoms with E-state index in [1.165, 1.54) is 0 Å². The Morgan fingerprint density at radius 3 is 2.29 bits per heavy atom. The fourth-order valence-corrected chi connectivity index (χ4v) is 1.19. The second-order valence-electron chi connectivity index (χ2n) is 3.69. The van der Waals surface area contributed by atoms with Crippen molar-refractivity contribution in [2.45, 2.75) is 0 Å². The second kappa shape index (κ2) is 4.13. The van der Waals surface area contributed by atoms with Crippen molar-refractivity contribution in [1.82, 2.24) is 4.90 Å². The Labute approximate surface area is 85.5 Å². The number of nitrogens with one attached hydrogen (secondary N) is 1. The number of nitrogens with zero attached hydrogens (tertiary/aromatic N) is 2. The monoisotopic (exact) mass is 191 g/mol. The molecule has 1 N–H and O–H groups in total. The van der Waals surface area contributed by atoms with Gasteiger partial charge < -0.3 is 9.80 Å². The van der Waals surface area contributed by atoms with Crippen molar-refractivity contribution < 1.29 is 0 Å². The highest BCUT2D eigenvalue weighted by molar-refractivity contribution is 5.96. The molecule has 0 unspecified atom stereocenters. The summed E-state index contributed by atoms with van der Waals surface area (Å²) in [6.45, 7) is 0. The first-order valence-corrected chi connectivity index (χ1v) is 4.56. The molecule has 0 aliphatic carbocycles. The summed E-state index contributed by atoms with van der Waals surface area (Å²) in [4.78, 5) is 3.83. The number of rotatable bonds is 2. The highest BCUT2D eigenvalue weighted by Crippen LogP contribution is 2.14. The smallest absolute Gasteiger partial charge is 0.127 e. The van der Waals surface area contributed by atoms with Gasteiger partial charge in [-0.05, 0) is 12.1 Å². The van der Waals surface area contributed by atoms with E-state index in [-0.39, 0.29) is 0 Å². The summed E-state index contributed by atoms with van der Waals surface area (Å²) in [5, 5.41) is 7.83. The van der Waals surface area contributed by atoms with Crippen molar-refractivity contribution in [3.05, 3.63) is 29.8 Å². The van der Waals surface area contributed by atoms with Gasteiger partial charge in [0.2, 0.25) is 0 Å². The molecule has 0 aliphatic heterocycles. The molecule has 0 atom stereocenters. The third kappa shape index (κ3) is 2.25. The first kappa shape index (κ1) is 10.6. The minimum Gasteiger partial charge on any atom is -0.378 e. The lowest BCUT2D eigenvalue weighted by Crippen LogP contribution is -2.22. The van der Waals surface area contributed by atoms with Crippen LogP contribution >= 0.6 is 0 Å². The molecule has 0 aliphatic rings. The van der Waals surface area contributed by atoms with Crippen molar-refractivity contribution in [3.8, 4) is 0 Å². The van der Waals surface area contributed by atoms with Gasteiger partial charge in [-0.1, -0.05) is 12.1 Å². The van der Waals surface area contributed by atoms with Crippen LogP contribution in [0.15, 0.2) is 24.3 Å². The molecule has 0 saturated heterocycles. The van der Waals surface area contributed by atoms with Gasteiger partial charge >= 0.3 is 0 Å². The van der Waals surface area contributed by atoms with E-state index in [0.717, 1.165) is 11.3 Å². The Balaban J connectivity index is 3.00. The minimum atomic E-state index is 0.536. The molecule has 0 fully saturated rings. The fourth-order valence-electron chi connectivity index (χ4n) is 1.19. The zero-order chi connectivity index (χ0) is 10.7. The number of hydrogen-bond donors (Lipinski definition) is 1. The molecule has 0 heterocycles. The van der Waals surface area contributed by atoms with Crippen molar-refractivity contribution in [2.75, 3.05) is 33.1 Å². The molecule has 1 rings (SSSR count).